The fourth-order valence-electron chi connectivity index (χ4n) is 1.63. The zero-order valence-electron chi connectivity index (χ0n) is 12.8. The highest BCUT2D eigenvalue weighted by atomic mass is 32.1. The van der Waals surface area contributed by atoms with E-state index < -0.39 is 0 Å². The van der Waals surface area contributed by atoms with Crippen molar-refractivity contribution in [3.8, 4) is 0 Å². The first kappa shape index (κ1) is 16.9. The van der Waals surface area contributed by atoms with E-state index in [-0.39, 0.29) is 12.4 Å². The summed E-state index contributed by atoms with van der Waals surface area (Å²) in [5, 5.41) is 6.07. The van der Waals surface area contributed by atoms with Crippen molar-refractivity contribution >= 4 is 22.4 Å². The Morgan fingerprint density at radius 3 is 2.90 bits per heavy atom. The number of nitrogens with zero attached hydrogens (tertiary/aromatic N) is 2. The van der Waals surface area contributed by atoms with Crippen LogP contribution in [0.4, 0.5) is 5.13 Å². The summed E-state index contributed by atoms with van der Waals surface area (Å²) in [6.45, 7) is 6.44. The van der Waals surface area contributed by atoms with Gasteiger partial charge in [-0.25, -0.2) is 4.98 Å². The number of anilines is 1. The molecule has 1 heterocycles. The number of ether oxygens (including phenoxy) is 1. The second kappa shape index (κ2) is 8.92. The van der Waals surface area contributed by atoms with E-state index in [9.17, 15) is 4.79 Å². The van der Waals surface area contributed by atoms with Crippen LogP contribution in [0.2, 0.25) is 0 Å². The molecule has 0 aliphatic carbocycles. The molecule has 1 aromatic rings. The molecule has 0 saturated carbocycles. The van der Waals surface area contributed by atoms with E-state index in [1.807, 2.05) is 5.38 Å². The van der Waals surface area contributed by atoms with Crippen LogP contribution in [0, 0.1) is 0 Å². The first-order valence-electron chi connectivity index (χ1n) is 6.98. The third kappa shape index (κ3) is 6.34. The van der Waals surface area contributed by atoms with Gasteiger partial charge < -0.3 is 15.0 Å². The number of aromatic nitrogens is 1. The molecule has 0 spiro atoms. The van der Waals surface area contributed by atoms with Gasteiger partial charge in [-0.05, 0) is 40.3 Å². The smallest absolute Gasteiger partial charge is 0.311 e. The van der Waals surface area contributed by atoms with Crippen LogP contribution >= 0.6 is 11.3 Å². The average molecular weight is 299 g/mol. The van der Waals surface area contributed by atoms with Crippen molar-refractivity contribution in [2.24, 2.45) is 0 Å². The third-order valence-electron chi connectivity index (χ3n) is 3.20. The highest BCUT2D eigenvalue weighted by Crippen LogP contribution is 2.16. The van der Waals surface area contributed by atoms with Crippen molar-refractivity contribution in [1.29, 1.82) is 0 Å². The van der Waals surface area contributed by atoms with E-state index in [1.165, 1.54) is 24.9 Å². The first-order chi connectivity index (χ1) is 9.52. The van der Waals surface area contributed by atoms with Crippen molar-refractivity contribution in [1.82, 2.24) is 9.88 Å². The van der Waals surface area contributed by atoms with Gasteiger partial charge in [0.1, 0.15) is 0 Å². The number of hydrogen-bond acceptors (Lipinski definition) is 6. The molecule has 6 heteroatoms. The molecule has 0 saturated heterocycles. The largest absolute Gasteiger partial charge is 0.469 e. The Morgan fingerprint density at radius 1 is 1.50 bits per heavy atom. The summed E-state index contributed by atoms with van der Waals surface area (Å²) in [7, 11) is 3.54. The molecule has 0 aliphatic heterocycles. The molecular weight excluding hydrogens is 274 g/mol. The average Bonchev–Trinajstić information content (AvgIpc) is 2.85. The second-order valence-electron chi connectivity index (χ2n) is 5.11. The zero-order valence-corrected chi connectivity index (χ0v) is 13.6. The molecule has 114 valence electrons. The Hall–Kier alpha value is -1.14. The van der Waals surface area contributed by atoms with Crippen LogP contribution in [0.1, 0.15) is 32.4 Å². The predicted molar refractivity (Wildman–Crippen MR) is 83.3 cm³/mol. The standard InChI is InChI=1S/C14H25N3O2S/c1-11(2)17(3)8-6-5-7-15-14-16-12(10-20-14)9-13(18)19-4/h10-11H,5-9H2,1-4H3,(H,15,16). The van der Waals surface area contributed by atoms with Crippen molar-refractivity contribution in [2.75, 3.05) is 32.6 Å². The summed E-state index contributed by atoms with van der Waals surface area (Å²) in [5.74, 6) is -0.251. The van der Waals surface area contributed by atoms with Gasteiger partial charge in [-0.3, -0.25) is 4.79 Å². The van der Waals surface area contributed by atoms with Gasteiger partial charge in [0.15, 0.2) is 5.13 Å². The minimum absolute atomic E-state index is 0.244. The van der Waals surface area contributed by atoms with Crippen LogP contribution in [0.5, 0.6) is 0 Å². The molecule has 0 atom stereocenters. The number of carbonyl (C=O) groups is 1. The van der Waals surface area contributed by atoms with Crippen molar-refractivity contribution in [3.05, 3.63) is 11.1 Å². The van der Waals surface area contributed by atoms with Gasteiger partial charge in [0.25, 0.3) is 0 Å². The van der Waals surface area contributed by atoms with Crippen LogP contribution in [-0.2, 0) is 16.0 Å². The second-order valence-corrected chi connectivity index (χ2v) is 5.96. The zero-order chi connectivity index (χ0) is 15.0. The number of hydrogen-bond donors (Lipinski definition) is 1. The molecule has 1 aromatic heterocycles. The molecule has 1 N–H and O–H groups in total. The van der Waals surface area contributed by atoms with Crippen LogP contribution < -0.4 is 5.32 Å². The molecule has 0 unspecified atom stereocenters. The summed E-state index contributed by atoms with van der Waals surface area (Å²) in [6.07, 6.45) is 2.53. The van der Waals surface area contributed by atoms with Crippen LogP contribution in [-0.4, -0.2) is 49.1 Å². The minimum Gasteiger partial charge on any atom is -0.469 e. The Morgan fingerprint density at radius 2 is 2.25 bits per heavy atom. The molecule has 0 amide bonds. The van der Waals surface area contributed by atoms with E-state index in [0.717, 1.165) is 30.3 Å². The highest BCUT2D eigenvalue weighted by Gasteiger charge is 2.07. The van der Waals surface area contributed by atoms with Gasteiger partial charge in [0, 0.05) is 18.0 Å². The minimum atomic E-state index is -0.251. The van der Waals surface area contributed by atoms with Gasteiger partial charge in [-0.2, -0.15) is 0 Å². The lowest BCUT2D eigenvalue weighted by Gasteiger charge is -2.20. The maximum atomic E-state index is 11.1. The summed E-state index contributed by atoms with van der Waals surface area (Å²) in [4.78, 5) is 17.8. The van der Waals surface area contributed by atoms with Crippen LogP contribution in [0.15, 0.2) is 5.38 Å². The van der Waals surface area contributed by atoms with Crippen LogP contribution in [0.3, 0.4) is 0 Å². The van der Waals surface area contributed by atoms with Gasteiger partial charge in [0.05, 0.1) is 19.2 Å². The number of unbranched alkanes of at least 4 members (excludes halogenated alkanes) is 1. The summed E-state index contributed by atoms with van der Waals surface area (Å²) in [5.41, 5.74) is 0.767. The van der Waals surface area contributed by atoms with Gasteiger partial charge in [-0.1, -0.05) is 0 Å². The van der Waals surface area contributed by atoms with Crippen molar-refractivity contribution in [3.63, 3.8) is 0 Å². The van der Waals surface area contributed by atoms with E-state index in [0.29, 0.717) is 6.04 Å². The molecule has 5 nitrogen and oxygen atoms in total. The number of carbonyl (C=O) groups excluding carboxylic acids is 1. The number of nitrogens with one attached hydrogen (secondary N) is 1. The number of methoxy groups -OCH3 is 1. The topological polar surface area (TPSA) is 54.5 Å². The fraction of sp³-hybridized carbons (Fsp3) is 0.714. The van der Waals surface area contributed by atoms with E-state index >= 15 is 0 Å². The predicted octanol–water partition coefficient (Wildman–Crippen LogP) is 2.39. The van der Waals surface area contributed by atoms with E-state index in [2.05, 4.69) is 40.8 Å². The molecule has 0 aromatic carbocycles. The fourth-order valence-corrected chi connectivity index (χ4v) is 2.37. The van der Waals surface area contributed by atoms with E-state index in [1.54, 1.807) is 0 Å². The Balaban J connectivity index is 2.18. The molecular formula is C14H25N3O2S. The SMILES string of the molecule is COC(=O)Cc1csc(NCCCCN(C)C(C)C)n1. The summed E-state index contributed by atoms with van der Waals surface area (Å²) in [6, 6.07) is 0.600. The third-order valence-corrected chi connectivity index (χ3v) is 4.05. The van der Waals surface area contributed by atoms with Gasteiger partial charge in [0.2, 0.25) is 0 Å². The number of thiazole rings is 1. The first-order valence-corrected chi connectivity index (χ1v) is 7.86. The summed E-state index contributed by atoms with van der Waals surface area (Å²) < 4.78 is 4.62. The Kier molecular flexibility index (Phi) is 7.54. The van der Waals surface area contributed by atoms with Crippen LogP contribution in [0.25, 0.3) is 0 Å². The molecule has 0 aliphatic rings. The lowest BCUT2D eigenvalue weighted by molar-refractivity contribution is -0.139. The van der Waals surface area contributed by atoms with E-state index in [4.69, 9.17) is 0 Å². The molecule has 0 fully saturated rings. The normalized spacial score (nSPS) is 11.1. The monoisotopic (exact) mass is 299 g/mol. The number of esters is 1. The Bertz CT molecular complexity index is 407. The lowest BCUT2D eigenvalue weighted by Crippen LogP contribution is -2.27. The lowest BCUT2D eigenvalue weighted by atomic mass is 10.2. The molecule has 0 bridgehead atoms. The highest BCUT2D eigenvalue weighted by molar-refractivity contribution is 7.13. The molecule has 0 radical (unpaired) electrons. The van der Waals surface area contributed by atoms with Gasteiger partial charge in [-0.15, -0.1) is 11.3 Å². The number of rotatable bonds is 9. The molecule has 20 heavy (non-hydrogen) atoms. The summed E-state index contributed by atoms with van der Waals surface area (Å²) >= 11 is 1.53. The van der Waals surface area contributed by atoms with Crippen molar-refractivity contribution < 1.29 is 9.53 Å². The van der Waals surface area contributed by atoms with Crippen molar-refractivity contribution in [2.45, 2.75) is 39.2 Å². The maximum Gasteiger partial charge on any atom is 0.311 e. The molecule has 1 rings (SSSR count). The van der Waals surface area contributed by atoms with Gasteiger partial charge >= 0.3 is 5.97 Å². The Labute approximate surface area is 125 Å². The maximum absolute atomic E-state index is 11.1. The quantitative estimate of drug-likeness (QED) is 0.560.